The van der Waals surface area contributed by atoms with E-state index in [4.69, 9.17) is 0 Å². The minimum absolute atomic E-state index is 0.248. The van der Waals surface area contributed by atoms with Gasteiger partial charge in [0.1, 0.15) is 0 Å². The first-order valence-corrected chi connectivity index (χ1v) is 6.70. The van der Waals surface area contributed by atoms with Crippen LogP contribution < -0.4 is 10.6 Å². The van der Waals surface area contributed by atoms with Crippen LogP contribution in [0.2, 0.25) is 0 Å². The molecule has 0 bridgehead atoms. The molecule has 2 N–H and O–H groups in total. The maximum Gasteiger partial charge on any atom is 0.315 e. The van der Waals surface area contributed by atoms with Crippen LogP contribution in [-0.4, -0.2) is 22.5 Å². The highest BCUT2D eigenvalue weighted by atomic mass is 32.1. The SMILES string of the molecule is C=CCNC(=O)NCc1nccnc1-c1ccsc1. The Morgan fingerprint density at radius 1 is 1.37 bits per heavy atom. The number of urea groups is 1. The topological polar surface area (TPSA) is 66.9 Å². The van der Waals surface area contributed by atoms with Gasteiger partial charge in [0.25, 0.3) is 0 Å². The fraction of sp³-hybridized carbons (Fsp3) is 0.154. The van der Waals surface area contributed by atoms with Crippen LogP contribution in [0.5, 0.6) is 0 Å². The normalized spacial score (nSPS) is 9.89. The van der Waals surface area contributed by atoms with E-state index in [1.54, 1.807) is 29.8 Å². The predicted molar refractivity (Wildman–Crippen MR) is 75.8 cm³/mol. The molecule has 2 aromatic rings. The molecule has 2 rings (SSSR count). The number of hydrogen-bond donors (Lipinski definition) is 2. The summed E-state index contributed by atoms with van der Waals surface area (Å²) < 4.78 is 0. The van der Waals surface area contributed by atoms with E-state index in [1.807, 2.05) is 16.8 Å². The van der Waals surface area contributed by atoms with Crippen molar-refractivity contribution in [2.24, 2.45) is 0 Å². The van der Waals surface area contributed by atoms with Gasteiger partial charge < -0.3 is 10.6 Å². The highest BCUT2D eigenvalue weighted by Gasteiger charge is 2.09. The van der Waals surface area contributed by atoms with Crippen LogP contribution in [0.25, 0.3) is 11.3 Å². The molecule has 98 valence electrons. The Labute approximate surface area is 115 Å². The van der Waals surface area contributed by atoms with Crippen molar-refractivity contribution >= 4 is 17.4 Å². The van der Waals surface area contributed by atoms with Gasteiger partial charge in [-0.15, -0.1) is 6.58 Å². The van der Waals surface area contributed by atoms with E-state index in [0.29, 0.717) is 13.1 Å². The molecule has 5 nitrogen and oxygen atoms in total. The minimum atomic E-state index is -0.248. The zero-order valence-corrected chi connectivity index (χ0v) is 11.1. The molecule has 0 spiro atoms. The second-order valence-electron chi connectivity index (χ2n) is 3.72. The Balaban J connectivity index is 2.05. The third-order valence-electron chi connectivity index (χ3n) is 2.39. The first-order valence-electron chi connectivity index (χ1n) is 5.76. The average molecular weight is 274 g/mol. The highest BCUT2D eigenvalue weighted by Crippen LogP contribution is 2.21. The molecule has 0 fully saturated rings. The molecule has 0 aromatic carbocycles. The van der Waals surface area contributed by atoms with Crippen LogP contribution in [0.1, 0.15) is 5.69 Å². The molecule has 0 saturated carbocycles. The van der Waals surface area contributed by atoms with E-state index in [0.717, 1.165) is 17.0 Å². The Morgan fingerprint density at radius 2 is 2.21 bits per heavy atom. The number of rotatable bonds is 5. The minimum Gasteiger partial charge on any atom is -0.335 e. The van der Waals surface area contributed by atoms with Gasteiger partial charge in [0.05, 0.1) is 17.9 Å². The smallest absolute Gasteiger partial charge is 0.315 e. The summed E-state index contributed by atoms with van der Waals surface area (Å²) in [5.74, 6) is 0. The van der Waals surface area contributed by atoms with Gasteiger partial charge in [0.2, 0.25) is 0 Å². The lowest BCUT2D eigenvalue weighted by atomic mass is 10.2. The van der Waals surface area contributed by atoms with Crippen LogP contribution in [0.3, 0.4) is 0 Å². The van der Waals surface area contributed by atoms with Crippen molar-refractivity contribution in [2.45, 2.75) is 6.54 Å². The average Bonchev–Trinajstić information content (AvgIpc) is 2.97. The fourth-order valence-electron chi connectivity index (χ4n) is 1.53. The molecule has 19 heavy (non-hydrogen) atoms. The molecule has 2 heterocycles. The van der Waals surface area contributed by atoms with E-state index < -0.39 is 0 Å². The van der Waals surface area contributed by atoms with Gasteiger partial charge in [-0.2, -0.15) is 11.3 Å². The second-order valence-corrected chi connectivity index (χ2v) is 4.50. The lowest BCUT2D eigenvalue weighted by Gasteiger charge is -2.08. The van der Waals surface area contributed by atoms with Crippen molar-refractivity contribution in [3.05, 3.63) is 47.6 Å². The van der Waals surface area contributed by atoms with Gasteiger partial charge in [-0.05, 0) is 11.4 Å². The standard InChI is InChI=1S/C13H14N4OS/c1-2-4-16-13(18)17-8-11-12(15-6-5-14-11)10-3-7-19-9-10/h2-3,5-7,9H,1,4,8H2,(H2,16,17,18). The maximum atomic E-state index is 11.5. The number of aromatic nitrogens is 2. The van der Waals surface area contributed by atoms with Gasteiger partial charge in [0, 0.05) is 29.9 Å². The van der Waals surface area contributed by atoms with E-state index in [2.05, 4.69) is 27.2 Å². The summed E-state index contributed by atoms with van der Waals surface area (Å²) in [6.07, 6.45) is 4.89. The molecule has 0 radical (unpaired) electrons. The zero-order chi connectivity index (χ0) is 13.5. The van der Waals surface area contributed by atoms with E-state index in [-0.39, 0.29) is 6.03 Å². The molecule has 2 aromatic heterocycles. The van der Waals surface area contributed by atoms with Crippen LogP contribution in [-0.2, 0) is 6.54 Å². The van der Waals surface area contributed by atoms with Crippen molar-refractivity contribution in [3.63, 3.8) is 0 Å². The second kappa shape index (κ2) is 6.65. The van der Waals surface area contributed by atoms with Crippen LogP contribution in [0.15, 0.2) is 41.9 Å². The number of thiophene rings is 1. The number of amides is 2. The zero-order valence-electron chi connectivity index (χ0n) is 10.3. The summed E-state index contributed by atoms with van der Waals surface area (Å²) >= 11 is 1.60. The summed E-state index contributed by atoms with van der Waals surface area (Å²) in [6, 6.07) is 1.73. The molecular formula is C13H14N4OS. The quantitative estimate of drug-likeness (QED) is 0.821. The number of hydrogen-bond acceptors (Lipinski definition) is 4. The molecular weight excluding hydrogens is 260 g/mol. The van der Waals surface area contributed by atoms with Gasteiger partial charge in [-0.3, -0.25) is 9.97 Å². The third-order valence-corrected chi connectivity index (χ3v) is 3.08. The monoisotopic (exact) mass is 274 g/mol. The summed E-state index contributed by atoms with van der Waals surface area (Å²) in [5, 5.41) is 9.37. The Kier molecular flexibility index (Phi) is 4.63. The summed E-state index contributed by atoms with van der Waals surface area (Å²) in [5.41, 5.74) is 2.56. The first-order chi connectivity index (χ1) is 9.31. The largest absolute Gasteiger partial charge is 0.335 e. The summed E-state index contributed by atoms with van der Waals surface area (Å²) in [6.45, 7) is 4.30. The van der Waals surface area contributed by atoms with Gasteiger partial charge in [-0.1, -0.05) is 6.08 Å². The molecule has 6 heteroatoms. The summed E-state index contributed by atoms with van der Waals surface area (Å²) in [7, 11) is 0. The molecule has 0 aliphatic carbocycles. The molecule has 0 unspecified atom stereocenters. The molecule has 0 atom stereocenters. The van der Waals surface area contributed by atoms with Gasteiger partial charge >= 0.3 is 6.03 Å². The number of carbonyl (C=O) groups excluding carboxylic acids is 1. The third kappa shape index (κ3) is 3.62. The van der Waals surface area contributed by atoms with Gasteiger partial charge in [0.15, 0.2) is 0 Å². The number of nitrogens with one attached hydrogen (secondary N) is 2. The number of carbonyl (C=O) groups is 1. The molecule has 0 aliphatic rings. The van der Waals surface area contributed by atoms with Crippen molar-refractivity contribution in [1.29, 1.82) is 0 Å². The van der Waals surface area contributed by atoms with Crippen molar-refractivity contribution in [3.8, 4) is 11.3 Å². The van der Waals surface area contributed by atoms with Crippen molar-refractivity contribution in [1.82, 2.24) is 20.6 Å². The summed E-state index contributed by atoms with van der Waals surface area (Å²) in [4.78, 5) is 20.0. The highest BCUT2D eigenvalue weighted by molar-refractivity contribution is 7.08. The molecule has 0 saturated heterocycles. The van der Waals surface area contributed by atoms with E-state index in [1.165, 1.54) is 0 Å². The molecule has 0 aliphatic heterocycles. The Bertz CT molecular complexity index is 554. The Hall–Kier alpha value is -2.21. The van der Waals surface area contributed by atoms with E-state index >= 15 is 0 Å². The maximum absolute atomic E-state index is 11.5. The van der Waals surface area contributed by atoms with Crippen LogP contribution >= 0.6 is 11.3 Å². The van der Waals surface area contributed by atoms with Crippen LogP contribution in [0, 0.1) is 0 Å². The van der Waals surface area contributed by atoms with E-state index in [9.17, 15) is 4.79 Å². The van der Waals surface area contributed by atoms with Crippen LogP contribution in [0.4, 0.5) is 4.79 Å². The number of nitrogens with zero attached hydrogens (tertiary/aromatic N) is 2. The van der Waals surface area contributed by atoms with Crippen molar-refractivity contribution in [2.75, 3.05) is 6.54 Å². The first kappa shape index (κ1) is 13.2. The lowest BCUT2D eigenvalue weighted by Crippen LogP contribution is -2.35. The predicted octanol–water partition coefficient (Wildman–Crippen LogP) is 2.19. The fourth-order valence-corrected chi connectivity index (χ4v) is 2.17. The molecule has 2 amide bonds. The Morgan fingerprint density at radius 3 is 2.95 bits per heavy atom. The van der Waals surface area contributed by atoms with Gasteiger partial charge in [-0.25, -0.2) is 4.79 Å². The van der Waals surface area contributed by atoms with Crippen molar-refractivity contribution < 1.29 is 4.79 Å². The lowest BCUT2D eigenvalue weighted by molar-refractivity contribution is 0.241.